The molecule has 1 heterocycles. The van der Waals surface area contributed by atoms with E-state index in [1.807, 2.05) is 50.8 Å². The van der Waals surface area contributed by atoms with Crippen LogP contribution in [0, 0.1) is 13.8 Å². The van der Waals surface area contributed by atoms with E-state index in [1.54, 1.807) is 6.07 Å². The first kappa shape index (κ1) is 19.6. The number of pyridine rings is 1. The van der Waals surface area contributed by atoms with E-state index in [0.29, 0.717) is 24.2 Å². The molecule has 0 aliphatic carbocycles. The molecule has 0 spiro atoms. The summed E-state index contributed by atoms with van der Waals surface area (Å²) in [5.74, 6) is -0.352. The Morgan fingerprint density at radius 2 is 1.62 bits per heavy atom. The quantitative estimate of drug-likeness (QED) is 0.811. The summed E-state index contributed by atoms with van der Waals surface area (Å²) in [5, 5.41) is 2.87. The van der Waals surface area contributed by atoms with Crippen LogP contribution in [0.3, 0.4) is 0 Å². The van der Waals surface area contributed by atoms with E-state index < -0.39 is 0 Å². The number of nitrogens with one attached hydrogen (secondary N) is 1. The number of aromatic nitrogens is 1. The average molecular weight is 353 g/mol. The second kappa shape index (κ2) is 9.13. The fourth-order valence-corrected chi connectivity index (χ4v) is 2.74. The van der Waals surface area contributed by atoms with Crippen molar-refractivity contribution >= 4 is 17.5 Å². The average Bonchev–Trinajstić information content (AvgIpc) is 2.64. The number of carbonyl (C=O) groups excluding carboxylic acids is 2. The van der Waals surface area contributed by atoms with Crippen LogP contribution in [0.2, 0.25) is 0 Å². The first-order valence-electron chi connectivity index (χ1n) is 9.09. The fourth-order valence-electron chi connectivity index (χ4n) is 2.74. The molecule has 0 atom stereocenters. The van der Waals surface area contributed by atoms with Gasteiger partial charge in [0.25, 0.3) is 11.8 Å². The van der Waals surface area contributed by atoms with Crippen LogP contribution in [0.1, 0.15) is 58.5 Å². The van der Waals surface area contributed by atoms with E-state index >= 15 is 0 Å². The van der Waals surface area contributed by atoms with Crippen LogP contribution in [0.25, 0.3) is 0 Å². The monoisotopic (exact) mass is 353 g/mol. The van der Waals surface area contributed by atoms with Crippen molar-refractivity contribution in [1.29, 1.82) is 0 Å². The highest BCUT2D eigenvalue weighted by Gasteiger charge is 2.17. The van der Waals surface area contributed by atoms with Crippen molar-refractivity contribution < 1.29 is 9.59 Å². The fraction of sp³-hybridized carbons (Fsp3) is 0.381. The highest BCUT2D eigenvalue weighted by atomic mass is 16.2. The molecule has 1 N–H and O–H groups in total. The Bertz CT molecular complexity index is 781. The van der Waals surface area contributed by atoms with Crippen LogP contribution in [0.4, 0.5) is 5.69 Å². The lowest BCUT2D eigenvalue weighted by Crippen LogP contribution is -2.32. The SMILES string of the molecule is CCCN(CCC)C(=O)c1cncc(C(=O)Nc2ccc(C)c(C)c2)c1. The molecule has 26 heavy (non-hydrogen) atoms. The van der Waals surface area contributed by atoms with Gasteiger partial charge in [-0.15, -0.1) is 0 Å². The van der Waals surface area contributed by atoms with Gasteiger partial charge in [-0.25, -0.2) is 0 Å². The van der Waals surface area contributed by atoms with E-state index in [0.717, 1.165) is 24.1 Å². The van der Waals surface area contributed by atoms with Gasteiger partial charge in [-0.3, -0.25) is 14.6 Å². The zero-order valence-corrected chi connectivity index (χ0v) is 16.0. The number of aryl methyl sites for hydroxylation is 2. The minimum absolute atomic E-state index is 0.0815. The lowest BCUT2D eigenvalue weighted by atomic mass is 10.1. The number of nitrogens with zero attached hydrogens (tertiary/aromatic N) is 2. The molecule has 0 radical (unpaired) electrons. The maximum atomic E-state index is 12.7. The van der Waals surface area contributed by atoms with Gasteiger partial charge in [0, 0.05) is 31.2 Å². The minimum atomic E-state index is -0.270. The molecule has 0 saturated carbocycles. The molecule has 138 valence electrons. The lowest BCUT2D eigenvalue weighted by Gasteiger charge is -2.21. The molecule has 2 rings (SSSR count). The zero-order chi connectivity index (χ0) is 19.1. The molecule has 2 aromatic rings. The van der Waals surface area contributed by atoms with Gasteiger partial charge in [-0.05, 0) is 56.0 Å². The van der Waals surface area contributed by atoms with Gasteiger partial charge in [-0.1, -0.05) is 19.9 Å². The second-order valence-electron chi connectivity index (χ2n) is 6.51. The molecule has 5 nitrogen and oxygen atoms in total. The maximum Gasteiger partial charge on any atom is 0.257 e. The summed E-state index contributed by atoms with van der Waals surface area (Å²) in [4.78, 5) is 31.1. The largest absolute Gasteiger partial charge is 0.339 e. The van der Waals surface area contributed by atoms with Crippen LogP contribution < -0.4 is 5.32 Å². The van der Waals surface area contributed by atoms with E-state index in [-0.39, 0.29) is 11.8 Å². The van der Waals surface area contributed by atoms with Gasteiger partial charge in [0.15, 0.2) is 0 Å². The molecule has 1 aromatic heterocycles. The number of rotatable bonds is 7. The van der Waals surface area contributed by atoms with Crippen molar-refractivity contribution in [3.05, 3.63) is 58.9 Å². The minimum Gasteiger partial charge on any atom is -0.339 e. The number of benzene rings is 1. The van der Waals surface area contributed by atoms with Gasteiger partial charge in [0.2, 0.25) is 0 Å². The Hall–Kier alpha value is -2.69. The summed E-state index contributed by atoms with van der Waals surface area (Å²) < 4.78 is 0. The van der Waals surface area contributed by atoms with Gasteiger partial charge in [0.05, 0.1) is 11.1 Å². The van der Waals surface area contributed by atoms with Gasteiger partial charge >= 0.3 is 0 Å². The predicted molar refractivity (Wildman–Crippen MR) is 105 cm³/mol. The second-order valence-corrected chi connectivity index (χ2v) is 6.51. The highest BCUT2D eigenvalue weighted by molar-refractivity contribution is 6.05. The third-order valence-corrected chi connectivity index (χ3v) is 4.29. The molecule has 0 aliphatic rings. The Morgan fingerprint density at radius 1 is 0.962 bits per heavy atom. The van der Waals surface area contributed by atoms with E-state index in [2.05, 4.69) is 10.3 Å². The van der Waals surface area contributed by atoms with E-state index in [4.69, 9.17) is 0 Å². The number of amides is 2. The predicted octanol–water partition coefficient (Wildman–Crippen LogP) is 4.21. The molecule has 5 heteroatoms. The molecule has 0 saturated heterocycles. The third-order valence-electron chi connectivity index (χ3n) is 4.29. The molecule has 2 amide bonds. The van der Waals surface area contributed by atoms with Gasteiger partial charge in [0.1, 0.15) is 0 Å². The van der Waals surface area contributed by atoms with Crippen molar-refractivity contribution in [2.24, 2.45) is 0 Å². The Labute approximate surface area is 155 Å². The smallest absolute Gasteiger partial charge is 0.257 e. The number of hydrogen-bond donors (Lipinski definition) is 1. The number of anilines is 1. The third kappa shape index (κ3) is 4.91. The number of hydrogen-bond acceptors (Lipinski definition) is 3. The van der Waals surface area contributed by atoms with E-state index in [1.165, 1.54) is 18.0 Å². The van der Waals surface area contributed by atoms with Crippen molar-refractivity contribution in [3.8, 4) is 0 Å². The molecule has 0 bridgehead atoms. The summed E-state index contributed by atoms with van der Waals surface area (Å²) in [6.45, 7) is 9.51. The van der Waals surface area contributed by atoms with E-state index in [9.17, 15) is 9.59 Å². The Morgan fingerprint density at radius 3 is 2.23 bits per heavy atom. The zero-order valence-electron chi connectivity index (χ0n) is 16.0. The molecule has 0 aliphatic heterocycles. The first-order valence-corrected chi connectivity index (χ1v) is 9.09. The van der Waals surface area contributed by atoms with Crippen LogP contribution >= 0.6 is 0 Å². The summed E-state index contributed by atoms with van der Waals surface area (Å²) in [5.41, 5.74) is 3.83. The first-order chi connectivity index (χ1) is 12.5. The van der Waals surface area contributed by atoms with Crippen molar-refractivity contribution in [2.45, 2.75) is 40.5 Å². The van der Waals surface area contributed by atoms with Crippen molar-refractivity contribution in [1.82, 2.24) is 9.88 Å². The van der Waals surface area contributed by atoms with Gasteiger partial charge in [-0.2, -0.15) is 0 Å². The summed E-state index contributed by atoms with van der Waals surface area (Å²) >= 11 is 0. The lowest BCUT2D eigenvalue weighted by molar-refractivity contribution is 0.0755. The maximum absolute atomic E-state index is 12.7. The molecule has 0 fully saturated rings. The summed E-state index contributed by atoms with van der Waals surface area (Å²) in [6, 6.07) is 7.38. The topological polar surface area (TPSA) is 62.3 Å². The Kier molecular flexibility index (Phi) is 6.89. The van der Waals surface area contributed by atoms with Crippen molar-refractivity contribution in [3.63, 3.8) is 0 Å². The number of carbonyl (C=O) groups is 2. The molecular weight excluding hydrogens is 326 g/mol. The summed E-state index contributed by atoms with van der Waals surface area (Å²) in [6.07, 6.45) is 4.79. The van der Waals surface area contributed by atoms with Gasteiger partial charge < -0.3 is 10.2 Å². The van der Waals surface area contributed by atoms with Crippen LogP contribution in [-0.2, 0) is 0 Å². The van der Waals surface area contributed by atoms with Crippen molar-refractivity contribution in [2.75, 3.05) is 18.4 Å². The molecular formula is C21H27N3O2. The molecule has 1 aromatic carbocycles. The van der Waals surface area contributed by atoms with Crippen LogP contribution in [0.15, 0.2) is 36.7 Å². The van der Waals surface area contributed by atoms with Crippen LogP contribution in [-0.4, -0.2) is 34.8 Å². The molecule has 0 unspecified atom stereocenters. The highest BCUT2D eigenvalue weighted by Crippen LogP contribution is 2.16. The Balaban J connectivity index is 2.17. The van der Waals surface area contributed by atoms with Crippen LogP contribution in [0.5, 0.6) is 0 Å². The normalized spacial score (nSPS) is 10.5. The summed E-state index contributed by atoms with van der Waals surface area (Å²) in [7, 11) is 0. The standard InChI is InChI=1S/C21H27N3O2/c1-5-9-24(10-6-2)21(26)18-12-17(13-22-14-18)20(25)23-19-8-7-15(3)16(4)11-19/h7-8,11-14H,5-6,9-10H2,1-4H3,(H,23,25).